The van der Waals surface area contributed by atoms with Crippen LogP contribution in [0.25, 0.3) is 5.69 Å². The normalized spacial score (nSPS) is 20.2. The third-order valence-corrected chi connectivity index (χ3v) is 7.32. The third-order valence-electron chi connectivity index (χ3n) is 7.32. The minimum atomic E-state index is -0.672. The standard InChI is InChI=1S/C26H24N6O4/c1-26(9-10-26)16-3-2-4-17(11-16)27-23(34)20-14-32(30-29-20)18-6-5-15-13-31(25(36)19(15)12-18)21-7-8-22(33)28-24(21)35/h2-6,11-12,14,21H,7-10,13H2,1H3,(H,27,34)(H,28,33,35). The number of hydrogen-bond donors (Lipinski definition) is 2. The number of piperidine rings is 1. The van der Waals surface area contributed by atoms with Crippen LogP contribution in [0.5, 0.6) is 0 Å². The number of carbonyl (C=O) groups excluding carboxylic acids is 4. The monoisotopic (exact) mass is 484 g/mol. The Balaban J connectivity index is 1.18. The summed E-state index contributed by atoms with van der Waals surface area (Å²) in [6, 6.07) is 12.5. The van der Waals surface area contributed by atoms with E-state index >= 15 is 0 Å². The van der Waals surface area contributed by atoms with Crippen molar-refractivity contribution >= 4 is 29.3 Å². The molecular formula is C26H24N6O4. The van der Waals surface area contributed by atoms with Crippen LogP contribution in [0.15, 0.2) is 48.7 Å². The predicted molar refractivity (Wildman–Crippen MR) is 128 cm³/mol. The predicted octanol–water partition coefficient (Wildman–Crippen LogP) is 2.33. The number of aromatic nitrogens is 3. The summed E-state index contributed by atoms with van der Waals surface area (Å²) in [6.07, 6.45) is 4.32. The van der Waals surface area contributed by atoms with Gasteiger partial charge >= 0.3 is 0 Å². The second-order valence-electron chi connectivity index (χ2n) is 9.89. The fourth-order valence-electron chi connectivity index (χ4n) is 4.82. The van der Waals surface area contributed by atoms with Gasteiger partial charge in [-0.1, -0.05) is 30.3 Å². The van der Waals surface area contributed by atoms with Crippen LogP contribution in [0.3, 0.4) is 0 Å². The Morgan fingerprint density at radius 1 is 1.14 bits per heavy atom. The van der Waals surface area contributed by atoms with E-state index in [2.05, 4.69) is 33.9 Å². The average Bonchev–Trinajstić information content (AvgIpc) is 3.29. The Bertz CT molecular complexity index is 1440. The van der Waals surface area contributed by atoms with Crippen LogP contribution < -0.4 is 10.6 Å². The fraction of sp³-hybridized carbons (Fsp3) is 0.308. The zero-order valence-electron chi connectivity index (χ0n) is 19.7. The number of nitrogens with zero attached hydrogens (tertiary/aromatic N) is 4. The molecule has 2 aromatic carbocycles. The largest absolute Gasteiger partial charge is 0.322 e. The Morgan fingerprint density at radius 3 is 2.75 bits per heavy atom. The number of rotatable bonds is 5. The summed E-state index contributed by atoms with van der Waals surface area (Å²) in [6.45, 7) is 2.51. The molecule has 1 aromatic heterocycles. The van der Waals surface area contributed by atoms with Crippen molar-refractivity contribution in [2.24, 2.45) is 0 Å². The van der Waals surface area contributed by atoms with E-state index in [1.165, 1.54) is 21.3 Å². The van der Waals surface area contributed by atoms with Crippen LogP contribution in [0.2, 0.25) is 0 Å². The SMILES string of the molecule is CC1(c2cccc(NC(=O)c3cn(-c4ccc5c(c4)C(=O)N(C4CCC(=O)NC4=O)C5)nn3)c2)CC1. The highest BCUT2D eigenvalue weighted by molar-refractivity contribution is 6.05. The number of carbonyl (C=O) groups is 4. The zero-order valence-corrected chi connectivity index (χ0v) is 19.7. The van der Waals surface area contributed by atoms with E-state index in [0.29, 0.717) is 29.9 Å². The first kappa shape index (κ1) is 22.1. The van der Waals surface area contributed by atoms with Crippen molar-refractivity contribution in [3.05, 3.63) is 71.0 Å². The lowest BCUT2D eigenvalue weighted by Crippen LogP contribution is -2.52. The smallest absolute Gasteiger partial charge is 0.277 e. The average molecular weight is 485 g/mol. The Kier molecular flexibility index (Phi) is 4.99. The molecule has 2 N–H and O–H groups in total. The molecule has 1 atom stereocenters. The van der Waals surface area contributed by atoms with Gasteiger partial charge in [-0.25, -0.2) is 4.68 Å². The molecule has 10 nitrogen and oxygen atoms in total. The van der Waals surface area contributed by atoms with Crippen molar-refractivity contribution in [1.82, 2.24) is 25.2 Å². The van der Waals surface area contributed by atoms with E-state index in [-0.39, 0.29) is 35.3 Å². The van der Waals surface area contributed by atoms with Crippen LogP contribution >= 0.6 is 0 Å². The van der Waals surface area contributed by atoms with Crippen LogP contribution in [0.1, 0.15) is 64.6 Å². The van der Waals surface area contributed by atoms with Gasteiger partial charge in [0, 0.05) is 24.2 Å². The van der Waals surface area contributed by atoms with Crippen molar-refractivity contribution in [2.75, 3.05) is 5.32 Å². The first-order valence-corrected chi connectivity index (χ1v) is 11.9. The van der Waals surface area contributed by atoms with E-state index in [9.17, 15) is 19.2 Å². The van der Waals surface area contributed by atoms with Crippen molar-refractivity contribution in [3.63, 3.8) is 0 Å². The molecule has 2 aliphatic heterocycles. The third kappa shape index (κ3) is 3.84. The summed E-state index contributed by atoms with van der Waals surface area (Å²) >= 11 is 0. The molecule has 3 aliphatic rings. The molecule has 36 heavy (non-hydrogen) atoms. The lowest BCUT2D eigenvalue weighted by atomic mass is 9.98. The molecule has 0 spiro atoms. The molecule has 2 fully saturated rings. The molecule has 3 heterocycles. The molecule has 4 amide bonds. The van der Waals surface area contributed by atoms with E-state index in [4.69, 9.17) is 0 Å². The summed E-state index contributed by atoms with van der Waals surface area (Å²) in [4.78, 5) is 51.1. The van der Waals surface area contributed by atoms with Gasteiger partial charge in [0.25, 0.3) is 11.8 Å². The second-order valence-corrected chi connectivity index (χ2v) is 9.89. The molecule has 1 saturated carbocycles. The van der Waals surface area contributed by atoms with Crippen molar-refractivity contribution in [3.8, 4) is 5.69 Å². The summed E-state index contributed by atoms with van der Waals surface area (Å²) < 4.78 is 1.44. The number of fused-ring (bicyclic) bond motifs is 1. The van der Waals surface area contributed by atoms with Gasteiger partial charge in [-0.05, 0) is 60.1 Å². The summed E-state index contributed by atoms with van der Waals surface area (Å²) in [5.41, 5.74) is 4.08. The number of benzene rings is 2. The van der Waals surface area contributed by atoms with Crippen LogP contribution in [0, 0.1) is 0 Å². The minimum absolute atomic E-state index is 0.148. The summed E-state index contributed by atoms with van der Waals surface area (Å²) in [7, 11) is 0. The van der Waals surface area contributed by atoms with Crippen LogP contribution in [0.4, 0.5) is 5.69 Å². The van der Waals surface area contributed by atoms with Crippen molar-refractivity contribution < 1.29 is 19.2 Å². The molecule has 6 rings (SSSR count). The Labute approximate surface area is 206 Å². The number of imide groups is 1. The minimum Gasteiger partial charge on any atom is -0.322 e. The summed E-state index contributed by atoms with van der Waals surface area (Å²) in [5.74, 6) is -1.42. The maximum Gasteiger partial charge on any atom is 0.277 e. The first-order valence-electron chi connectivity index (χ1n) is 11.9. The molecule has 0 bridgehead atoms. The lowest BCUT2D eigenvalue weighted by Gasteiger charge is -2.29. The number of nitrogens with one attached hydrogen (secondary N) is 2. The number of hydrogen-bond acceptors (Lipinski definition) is 6. The second kappa shape index (κ2) is 8.11. The first-order chi connectivity index (χ1) is 17.3. The molecule has 3 aromatic rings. The molecule has 182 valence electrons. The van der Waals surface area contributed by atoms with Gasteiger partial charge in [-0.2, -0.15) is 0 Å². The molecular weight excluding hydrogens is 460 g/mol. The number of amides is 4. The van der Waals surface area contributed by atoms with E-state index in [1.807, 2.05) is 18.2 Å². The van der Waals surface area contributed by atoms with Crippen molar-refractivity contribution in [2.45, 2.75) is 50.6 Å². The van der Waals surface area contributed by atoms with Crippen LogP contribution in [-0.4, -0.2) is 49.6 Å². The highest BCUT2D eigenvalue weighted by Gasteiger charge is 2.40. The highest BCUT2D eigenvalue weighted by Crippen LogP contribution is 2.47. The number of anilines is 1. The zero-order chi connectivity index (χ0) is 25.0. The van der Waals surface area contributed by atoms with Gasteiger partial charge in [0.05, 0.1) is 11.9 Å². The molecule has 1 unspecified atom stereocenters. The molecule has 10 heteroatoms. The Morgan fingerprint density at radius 2 is 1.97 bits per heavy atom. The van der Waals surface area contributed by atoms with Gasteiger partial charge in [0.15, 0.2) is 5.69 Å². The van der Waals surface area contributed by atoms with Crippen LogP contribution in [-0.2, 0) is 21.5 Å². The summed E-state index contributed by atoms with van der Waals surface area (Å²) in [5, 5.41) is 13.3. The van der Waals surface area contributed by atoms with E-state index < -0.39 is 11.9 Å². The highest BCUT2D eigenvalue weighted by atomic mass is 16.2. The molecule has 1 saturated heterocycles. The molecule has 1 aliphatic carbocycles. The van der Waals surface area contributed by atoms with Gasteiger partial charge < -0.3 is 10.2 Å². The maximum absolute atomic E-state index is 13.1. The Hall–Kier alpha value is -4.34. The lowest BCUT2D eigenvalue weighted by molar-refractivity contribution is -0.136. The van der Waals surface area contributed by atoms with Gasteiger partial charge in [-0.15, -0.1) is 5.10 Å². The molecule has 0 radical (unpaired) electrons. The van der Waals surface area contributed by atoms with Gasteiger partial charge in [0.1, 0.15) is 6.04 Å². The van der Waals surface area contributed by atoms with E-state index in [1.54, 1.807) is 18.2 Å². The van der Waals surface area contributed by atoms with Gasteiger partial charge in [-0.3, -0.25) is 24.5 Å². The van der Waals surface area contributed by atoms with Crippen molar-refractivity contribution in [1.29, 1.82) is 0 Å². The quantitative estimate of drug-likeness (QED) is 0.536. The van der Waals surface area contributed by atoms with E-state index in [0.717, 1.165) is 18.4 Å². The topological polar surface area (TPSA) is 126 Å². The van der Waals surface area contributed by atoms with Gasteiger partial charge in [0.2, 0.25) is 11.8 Å². The fourth-order valence-corrected chi connectivity index (χ4v) is 4.82. The maximum atomic E-state index is 13.1.